The maximum atomic E-state index is 12.0. The Kier molecular flexibility index (Phi) is 3.10. The summed E-state index contributed by atoms with van der Waals surface area (Å²) in [6, 6.07) is 0. The molecule has 2 rings (SSSR count). The van der Waals surface area contributed by atoms with Crippen LogP contribution in [0.2, 0.25) is 0 Å². The maximum Gasteiger partial charge on any atom is 0.331 e. The lowest BCUT2D eigenvalue weighted by Gasteiger charge is -2.27. The molecule has 8 heteroatoms. The fourth-order valence-corrected chi connectivity index (χ4v) is 3.32. The molecule has 0 aliphatic carbocycles. The molecule has 0 N–H and O–H groups in total. The Hall–Kier alpha value is -1.15. The van der Waals surface area contributed by atoms with E-state index in [1.165, 1.54) is 12.0 Å². The molecule has 2 heterocycles. The van der Waals surface area contributed by atoms with Gasteiger partial charge in [-0.25, -0.2) is 4.79 Å². The van der Waals surface area contributed by atoms with Crippen molar-refractivity contribution in [1.29, 1.82) is 0 Å². The summed E-state index contributed by atoms with van der Waals surface area (Å²) >= 11 is 0. The Bertz CT molecular complexity index is 487. The van der Waals surface area contributed by atoms with Gasteiger partial charge in [0, 0.05) is 13.0 Å². The predicted molar refractivity (Wildman–Crippen MR) is 60.0 cm³/mol. The van der Waals surface area contributed by atoms with E-state index < -0.39 is 33.6 Å². The third-order valence-electron chi connectivity index (χ3n) is 3.41. The molecule has 0 radical (unpaired) electrons. The molecule has 102 valence electrons. The Morgan fingerprint density at radius 3 is 2.72 bits per heavy atom. The van der Waals surface area contributed by atoms with E-state index in [0.29, 0.717) is 19.4 Å². The van der Waals surface area contributed by atoms with Gasteiger partial charge in [0.05, 0.1) is 13.4 Å². The zero-order chi connectivity index (χ0) is 13.6. The van der Waals surface area contributed by atoms with Crippen LogP contribution in [0.1, 0.15) is 19.3 Å². The molecule has 1 amide bonds. The van der Waals surface area contributed by atoms with Gasteiger partial charge in [-0.05, 0) is 12.8 Å². The molecule has 2 aliphatic rings. The quantitative estimate of drug-likeness (QED) is 0.499. The number of fused-ring (bicyclic) bond motifs is 1. The molecule has 2 fully saturated rings. The number of hydrogen-bond donors (Lipinski definition) is 0. The van der Waals surface area contributed by atoms with Gasteiger partial charge in [0.2, 0.25) is 0 Å². The second-order valence-electron chi connectivity index (χ2n) is 4.61. The van der Waals surface area contributed by atoms with Crippen LogP contribution in [0.15, 0.2) is 0 Å². The Morgan fingerprint density at radius 2 is 2.17 bits per heavy atom. The van der Waals surface area contributed by atoms with E-state index in [-0.39, 0.29) is 6.42 Å². The standard InChI is InChI=1S/C10H15NO6S/c1-16-9(13)10-4-3-5-11(10)8(12)7(6-10)17-18(2,14)15/h7H,3-6H2,1-2H3/t7-,10+/m1/s1. The van der Waals surface area contributed by atoms with Crippen LogP contribution >= 0.6 is 0 Å². The van der Waals surface area contributed by atoms with Gasteiger partial charge in [0.1, 0.15) is 5.54 Å². The van der Waals surface area contributed by atoms with E-state index in [4.69, 9.17) is 8.92 Å². The third kappa shape index (κ3) is 1.99. The van der Waals surface area contributed by atoms with Gasteiger partial charge < -0.3 is 9.64 Å². The number of carbonyl (C=O) groups excluding carboxylic acids is 2. The minimum atomic E-state index is -3.73. The zero-order valence-corrected chi connectivity index (χ0v) is 11.0. The molecule has 18 heavy (non-hydrogen) atoms. The number of rotatable bonds is 3. The maximum absolute atomic E-state index is 12.0. The van der Waals surface area contributed by atoms with Crippen molar-refractivity contribution in [1.82, 2.24) is 4.90 Å². The molecule has 0 aromatic carbocycles. The van der Waals surface area contributed by atoms with Crippen molar-refractivity contribution in [2.45, 2.75) is 30.9 Å². The monoisotopic (exact) mass is 277 g/mol. The Labute approximate surface area is 105 Å². The minimum Gasteiger partial charge on any atom is -0.467 e. The number of ether oxygens (including phenoxy) is 1. The minimum absolute atomic E-state index is 0.0333. The van der Waals surface area contributed by atoms with E-state index in [0.717, 1.165) is 6.26 Å². The normalized spacial score (nSPS) is 31.6. The summed E-state index contributed by atoms with van der Waals surface area (Å²) < 4.78 is 31.6. The highest BCUT2D eigenvalue weighted by atomic mass is 32.2. The van der Waals surface area contributed by atoms with Crippen LogP contribution in [0, 0.1) is 0 Å². The summed E-state index contributed by atoms with van der Waals surface area (Å²) in [7, 11) is -2.48. The van der Waals surface area contributed by atoms with Crippen molar-refractivity contribution in [3.05, 3.63) is 0 Å². The van der Waals surface area contributed by atoms with Crippen molar-refractivity contribution in [2.75, 3.05) is 19.9 Å². The van der Waals surface area contributed by atoms with Crippen LogP contribution in [0.3, 0.4) is 0 Å². The first-order valence-corrected chi connectivity index (χ1v) is 7.40. The Balaban J connectivity index is 2.28. The van der Waals surface area contributed by atoms with Gasteiger partial charge in [0.25, 0.3) is 16.0 Å². The molecule has 0 unspecified atom stereocenters. The number of nitrogens with zero attached hydrogens (tertiary/aromatic N) is 1. The molecule has 2 atom stereocenters. The average Bonchev–Trinajstić information content (AvgIpc) is 2.77. The van der Waals surface area contributed by atoms with Gasteiger partial charge in [-0.3, -0.25) is 8.98 Å². The van der Waals surface area contributed by atoms with E-state index in [1.54, 1.807) is 0 Å². The molecule has 0 aromatic rings. The number of hydrogen-bond acceptors (Lipinski definition) is 6. The highest BCUT2D eigenvalue weighted by molar-refractivity contribution is 7.86. The summed E-state index contributed by atoms with van der Waals surface area (Å²) in [6.07, 6.45) is 0.987. The lowest BCUT2D eigenvalue weighted by molar-refractivity contribution is -0.155. The van der Waals surface area contributed by atoms with Crippen LogP contribution in [0.4, 0.5) is 0 Å². The first-order valence-electron chi connectivity index (χ1n) is 5.58. The molecule has 0 bridgehead atoms. The van der Waals surface area contributed by atoms with Crippen LogP contribution in [0.5, 0.6) is 0 Å². The van der Waals surface area contributed by atoms with E-state index in [9.17, 15) is 18.0 Å². The summed E-state index contributed by atoms with van der Waals surface area (Å²) in [6.45, 7) is 0.428. The van der Waals surface area contributed by atoms with E-state index >= 15 is 0 Å². The zero-order valence-electron chi connectivity index (χ0n) is 10.2. The van der Waals surface area contributed by atoms with Gasteiger partial charge in [-0.1, -0.05) is 0 Å². The van der Waals surface area contributed by atoms with Crippen molar-refractivity contribution >= 4 is 22.0 Å². The van der Waals surface area contributed by atoms with Gasteiger partial charge in [-0.2, -0.15) is 8.42 Å². The van der Waals surface area contributed by atoms with E-state index in [2.05, 4.69) is 0 Å². The molecule has 2 aliphatic heterocycles. The Morgan fingerprint density at radius 1 is 1.50 bits per heavy atom. The van der Waals surface area contributed by atoms with E-state index in [1.807, 2.05) is 0 Å². The first kappa shape index (κ1) is 13.3. The topological polar surface area (TPSA) is 90.0 Å². The largest absolute Gasteiger partial charge is 0.467 e. The highest BCUT2D eigenvalue weighted by Gasteiger charge is 2.59. The molecular weight excluding hydrogens is 262 g/mol. The molecule has 7 nitrogen and oxygen atoms in total. The van der Waals surface area contributed by atoms with Crippen LogP contribution in [0.25, 0.3) is 0 Å². The highest BCUT2D eigenvalue weighted by Crippen LogP contribution is 2.41. The fourth-order valence-electron chi connectivity index (χ4n) is 2.75. The second-order valence-corrected chi connectivity index (χ2v) is 6.21. The third-order valence-corrected chi connectivity index (χ3v) is 3.99. The van der Waals surface area contributed by atoms with Crippen molar-refractivity contribution in [3.8, 4) is 0 Å². The molecule has 0 saturated carbocycles. The van der Waals surface area contributed by atoms with Crippen molar-refractivity contribution in [3.63, 3.8) is 0 Å². The van der Waals surface area contributed by atoms with Crippen LogP contribution < -0.4 is 0 Å². The SMILES string of the molecule is COC(=O)[C@@]12CCCN1C(=O)[C@H](OS(C)(=O)=O)C2. The van der Waals surface area contributed by atoms with Crippen LogP contribution in [-0.2, 0) is 28.6 Å². The molecular formula is C10H15NO6S. The molecule has 2 saturated heterocycles. The number of methoxy groups -OCH3 is 1. The van der Waals surface area contributed by atoms with Gasteiger partial charge >= 0.3 is 5.97 Å². The summed E-state index contributed by atoms with van der Waals surface area (Å²) in [4.78, 5) is 25.3. The lowest BCUT2D eigenvalue weighted by Crippen LogP contribution is -2.47. The van der Waals surface area contributed by atoms with Crippen molar-refractivity contribution < 1.29 is 26.9 Å². The van der Waals surface area contributed by atoms with Crippen molar-refractivity contribution in [2.24, 2.45) is 0 Å². The second kappa shape index (κ2) is 4.20. The van der Waals surface area contributed by atoms with Gasteiger partial charge in [0.15, 0.2) is 6.10 Å². The molecule has 0 spiro atoms. The summed E-state index contributed by atoms with van der Waals surface area (Å²) in [5, 5.41) is 0. The number of carbonyl (C=O) groups is 2. The number of amides is 1. The lowest BCUT2D eigenvalue weighted by atomic mass is 9.93. The van der Waals surface area contributed by atoms with Crippen LogP contribution in [-0.4, -0.2) is 56.7 Å². The smallest absolute Gasteiger partial charge is 0.331 e. The van der Waals surface area contributed by atoms with Gasteiger partial charge in [-0.15, -0.1) is 0 Å². The summed E-state index contributed by atoms with van der Waals surface area (Å²) in [5.41, 5.74) is -1.04. The predicted octanol–water partition coefficient (Wildman–Crippen LogP) is -0.731. The average molecular weight is 277 g/mol. The molecule has 0 aromatic heterocycles. The first-order chi connectivity index (χ1) is 8.30. The summed E-state index contributed by atoms with van der Waals surface area (Å²) in [5.74, 6) is -0.962. The fraction of sp³-hybridized carbons (Fsp3) is 0.800. The number of esters is 1.